The summed E-state index contributed by atoms with van der Waals surface area (Å²) in [6, 6.07) is 4.33. The van der Waals surface area contributed by atoms with Crippen molar-refractivity contribution in [2.24, 2.45) is 0 Å². The molecular formula is C16H25N3O5. The highest BCUT2D eigenvalue weighted by Gasteiger charge is 2.15. The minimum atomic E-state index is -0.518. The Balaban J connectivity index is 2.65. The van der Waals surface area contributed by atoms with Crippen molar-refractivity contribution >= 4 is 17.3 Å². The van der Waals surface area contributed by atoms with Crippen LogP contribution in [-0.4, -0.2) is 53.7 Å². The molecular weight excluding hydrogens is 314 g/mol. The highest BCUT2D eigenvalue weighted by atomic mass is 16.6. The molecule has 0 aromatic heterocycles. The maximum absolute atomic E-state index is 12.1. The monoisotopic (exact) mass is 339 g/mol. The molecule has 0 saturated heterocycles. The summed E-state index contributed by atoms with van der Waals surface area (Å²) in [7, 11) is 1.39. The third kappa shape index (κ3) is 6.13. The average molecular weight is 339 g/mol. The number of carbonyl (C=O) groups is 1. The quantitative estimate of drug-likeness (QED) is 0.499. The molecule has 0 radical (unpaired) electrons. The Bertz CT molecular complexity index is 563. The number of non-ortho nitro benzene ring substituents is 1. The molecule has 0 aliphatic carbocycles. The topological polar surface area (TPSA) is 105 Å². The average Bonchev–Trinajstić information content (AvgIpc) is 2.54. The van der Waals surface area contributed by atoms with Gasteiger partial charge in [0, 0.05) is 38.2 Å². The molecule has 1 rings (SSSR count). The molecule has 0 saturated carbocycles. The van der Waals surface area contributed by atoms with Crippen molar-refractivity contribution in [3.05, 3.63) is 28.3 Å². The minimum Gasteiger partial charge on any atom is -0.494 e. The second-order valence-corrected chi connectivity index (χ2v) is 5.65. The molecule has 0 fully saturated rings. The van der Waals surface area contributed by atoms with Gasteiger partial charge in [0.2, 0.25) is 5.91 Å². The maximum Gasteiger partial charge on any atom is 0.273 e. The molecule has 0 atom stereocenters. The Kier molecular flexibility index (Phi) is 8.14. The van der Waals surface area contributed by atoms with E-state index in [4.69, 9.17) is 9.84 Å². The van der Waals surface area contributed by atoms with Crippen LogP contribution in [0.3, 0.4) is 0 Å². The first-order valence-electron chi connectivity index (χ1n) is 7.86. The van der Waals surface area contributed by atoms with Gasteiger partial charge in [0.25, 0.3) is 5.69 Å². The fourth-order valence-electron chi connectivity index (χ4n) is 2.26. The zero-order chi connectivity index (χ0) is 18.1. The molecule has 2 N–H and O–H groups in total. The third-order valence-electron chi connectivity index (χ3n) is 3.63. The van der Waals surface area contributed by atoms with Crippen LogP contribution in [0.4, 0.5) is 11.4 Å². The zero-order valence-electron chi connectivity index (χ0n) is 14.3. The van der Waals surface area contributed by atoms with Crippen molar-refractivity contribution in [2.75, 3.05) is 32.1 Å². The predicted molar refractivity (Wildman–Crippen MR) is 91.3 cm³/mol. The number of methoxy groups -OCH3 is 1. The standard InChI is InChI=1S/C16H25N3O5/c1-12(2)18(8-4-10-20)9-7-16(21)17-14-6-5-13(19(22)23)11-15(14)24-3/h5-6,11-12,20H,4,7-10H2,1-3H3,(H,17,21). The van der Waals surface area contributed by atoms with Gasteiger partial charge in [-0.3, -0.25) is 14.9 Å². The minimum absolute atomic E-state index is 0.0974. The van der Waals surface area contributed by atoms with Crippen LogP contribution < -0.4 is 10.1 Å². The largest absolute Gasteiger partial charge is 0.494 e. The normalized spacial score (nSPS) is 10.9. The molecule has 1 aromatic carbocycles. The molecule has 8 heteroatoms. The molecule has 0 heterocycles. The van der Waals surface area contributed by atoms with Crippen LogP contribution in [0.15, 0.2) is 18.2 Å². The molecule has 0 unspecified atom stereocenters. The van der Waals surface area contributed by atoms with Crippen molar-refractivity contribution in [1.82, 2.24) is 4.90 Å². The van der Waals surface area contributed by atoms with E-state index >= 15 is 0 Å². The van der Waals surface area contributed by atoms with Gasteiger partial charge in [0.15, 0.2) is 0 Å². The van der Waals surface area contributed by atoms with E-state index in [1.165, 1.54) is 25.3 Å². The smallest absolute Gasteiger partial charge is 0.273 e. The summed E-state index contributed by atoms with van der Waals surface area (Å²) in [4.78, 5) is 24.5. The van der Waals surface area contributed by atoms with E-state index in [0.29, 0.717) is 18.7 Å². The molecule has 0 spiro atoms. The number of amides is 1. The van der Waals surface area contributed by atoms with E-state index < -0.39 is 4.92 Å². The first-order chi connectivity index (χ1) is 11.4. The highest BCUT2D eigenvalue weighted by molar-refractivity contribution is 5.92. The summed E-state index contributed by atoms with van der Waals surface area (Å²) >= 11 is 0. The second-order valence-electron chi connectivity index (χ2n) is 5.65. The lowest BCUT2D eigenvalue weighted by molar-refractivity contribution is -0.384. The van der Waals surface area contributed by atoms with E-state index in [1.807, 2.05) is 13.8 Å². The van der Waals surface area contributed by atoms with Crippen molar-refractivity contribution in [2.45, 2.75) is 32.7 Å². The summed E-state index contributed by atoms with van der Waals surface area (Å²) in [6.07, 6.45) is 0.944. The van der Waals surface area contributed by atoms with Crippen molar-refractivity contribution in [1.29, 1.82) is 0 Å². The summed E-state index contributed by atoms with van der Waals surface area (Å²) in [5, 5.41) is 22.4. The van der Waals surface area contributed by atoms with Gasteiger partial charge in [0.05, 0.1) is 23.8 Å². The van der Waals surface area contributed by atoms with Gasteiger partial charge in [-0.05, 0) is 26.3 Å². The number of nitrogens with one attached hydrogen (secondary N) is 1. The van der Waals surface area contributed by atoms with Crippen LogP contribution in [0.1, 0.15) is 26.7 Å². The van der Waals surface area contributed by atoms with Gasteiger partial charge in [0.1, 0.15) is 5.75 Å². The summed E-state index contributed by atoms with van der Waals surface area (Å²) < 4.78 is 5.10. The second kappa shape index (κ2) is 9.84. The molecule has 0 bridgehead atoms. The number of hydrogen-bond donors (Lipinski definition) is 2. The molecule has 134 valence electrons. The summed E-state index contributed by atoms with van der Waals surface area (Å²) in [5.41, 5.74) is 0.305. The van der Waals surface area contributed by atoms with E-state index in [-0.39, 0.29) is 36.4 Å². The molecule has 0 aliphatic rings. The van der Waals surface area contributed by atoms with E-state index in [2.05, 4.69) is 10.2 Å². The third-order valence-corrected chi connectivity index (χ3v) is 3.63. The Morgan fingerprint density at radius 2 is 2.12 bits per heavy atom. The lowest BCUT2D eigenvalue weighted by Gasteiger charge is -2.25. The van der Waals surface area contributed by atoms with Crippen LogP contribution >= 0.6 is 0 Å². The number of ether oxygens (including phenoxy) is 1. The van der Waals surface area contributed by atoms with Gasteiger partial charge >= 0.3 is 0 Å². The van der Waals surface area contributed by atoms with E-state index in [9.17, 15) is 14.9 Å². The van der Waals surface area contributed by atoms with Gasteiger partial charge in [-0.15, -0.1) is 0 Å². The molecule has 8 nitrogen and oxygen atoms in total. The van der Waals surface area contributed by atoms with Crippen molar-refractivity contribution in [3.8, 4) is 5.75 Å². The summed E-state index contributed by atoms with van der Waals surface area (Å²) in [5.74, 6) is 0.0512. The van der Waals surface area contributed by atoms with Gasteiger partial charge in [-0.2, -0.15) is 0 Å². The molecule has 0 aliphatic heterocycles. The van der Waals surface area contributed by atoms with Crippen molar-refractivity contribution < 1.29 is 19.6 Å². The number of nitrogens with zero attached hydrogens (tertiary/aromatic N) is 2. The Hall–Kier alpha value is -2.19. The number of anilines is 1. The van der Waals surface area contributed by atoms with E-state index in [1.54, 1.807) is 0 Å². The Morgan fingerprint density at radius 3 is 2.67 bits per heavy atom. The lowest BCUT2D eigenvalue weighted by Crippen LogP contribution is -2.35. The Labute approximate surface area is 141 Å². The number of hydrogen-bond acceptors (Lipinski definition) is 6. The number of carbonyl (C=O) groups excluding carboxylic acids is 1. The first kappa shape index (κ1) is 19.9. The number of nitro groups is 1. The number of aliphatic hydroxyl groups excluding tert-OH is 1. The van der Waals surface area contributed by atoms with Gasteiger partial charge in [-0.1, -0.05) is 0 Å². The van der Waals surface area contributed by atoms with Crippen molar-refractivity contribution in [3.63, 3.8) is 0 Å². The predicted octanol–water partition coefficient (Wildman–Crippen LogP) is 2.02. The lowest BCUT2D eigenvalue weighted by atomic mass is 10.2. The highest BCUT2D eigenvalue weighted by Crippen LogP contribution is 2.29. The van der Waals surface area contributed by atoms with Crippen LogP contribution in [0.2, 0.25) is 0 Å². The van der Waals surface area contributed by atoms with E-state index in [0.717, 1.165) is 6.54 Å². The fraction of sp³-hybridized carbons (Fsp3) is 0.562. The van der Waals surface area contributed by atoms with Crippen LogP contribution in [-0.2, 0) is 4.79 Å². The SMILES string of the molecule is COc1cc([N+](=O)[O-])ccc1NC(=O)CCN(CCCO)C(C)C. The molecule has 1 amide bonds. The number of benzene rings is 1. The summed E-state index contributed by atoms with van der Waals surface area (Å²) in [6.45, 7) is 5.49. The number of aliphatic hydroxyl groups is 1. The number of nitro benzene ring substituents is 1. The van der Waals surface area contributed by atoms with Gasteiger partial charge < -0.3 is 20.1 Å². The van der Waals surface area contributed by atoms with Crippen LogP contribution in [0.25, 0.3) is 0 Å². The fourth-order valence-corrected chi connectivity index (χ4v) is 2.26. The van der Waals surface area contributed by atoms with Crippen LogP contribution in [0, 0.1) is 10.1 Å². The molecule has 1 aromatic rings. The van der Waals surface area contributed by atoms with Crippen LogP contribution in [0.5, 0.6) is 5.75 Å². The first-order valence-corrected chi connectivity index (χ1v) is 7.86. The maximum atomic E-state index is 12.1. The zero-order valence-corrected chi connectivity index (χ0v) is 14.3. The molecule has 24 heavy (non-hydrogen) atoms. The number of rotatable bonds is 10. The Morgan fingerprint density at radius 1 is 1.42 bits per heavy atom. The van der Waals surface area contributed by atoms with Gasteiger partial charge in [-0.25, -0.2) is 0 Å².